The molecule has 9 heteroatoms. The number of nitrogen functional groups attached to an aromatic ring is 2. The van der Waals surface area contributed by atoms with E-state index in [0.717, 1.165) is 37.6 Å². The van der Waals surface area contributed by atoms with Crippen molar-refractivity contribution in [2.45, 2.75) is 18.9 Å². The first-order chi connectivity index (χ1) is 10.7. The maximum Gasteiger partial charge on any atom is 0.224 e. The summed E-state index contributed by atoms with van der Waals surface area (Å²) in [7, 11) is 0. The first-order valence-corrected chi connectivity index (χ1v) is 7.07. The molecule has 9 nitrogen and oxygen atoms in total. The Morgan fingerprint density at radius 2 is 2.23 bits per heavy atom. The Kier molecular flexibility index (Phi) is 2.93. The van der Waals surface area contributed by atoms with Crippen LogP contribution in [0.15, 0.2) is 17.0 Å². The van der Waals surface area contributed by atoms with Crippen molar-refractivity contribution in [1.29, 1.82) is 0 Å². The quantitative estimate of drug-likeness (QED) is 0.636. The number of nitrogens with two attached hydrogens (primary N) is 2. The fraction of sp³-hybridized carbons (Fsp3) is 0.385. The molecule has 22 heavy (non-hydrogen) atoms. The minimum atomic E-state index is 0.140. The van der Waals surface area contributed by atoms with Gasteiger partial charge in [0.15, 0.2) is 17.9 Å². The van der Waals surface area contributed by atoms with Crippen molar-refractivity contribution in [3.05, 3.63) is 24.2 Å². The number of hydrogen-bond donors (Lipinski definition) is 3. The van der Waals surface area contributed by atoms with E-state index in [-0.39, 0.29) is 5.95 Å². The maximum atomic E-state index is 5.85. The molecule has 0 aliphatic carbocycles. The molecule has 0 aromatic carbocycles. The second kappa shape index (κ2) is 4.95. The van der Waals surface area contributed by atoms with Crippen molar-refractivity contribution in [1.82, 2.24) is 29.8 Å². The summed E-state index contributed by atoms with van der Waals surface area (Å²) in [6.45, 7) is 2.63. The zero-order valence-electron chi connectivity index (χ0n) is 11.9. The van der Waals surface area contributed by atoms with Crippen LogP contribution in [0.1, 0.15) is 23.9 Å². The number of imidazole rings is 1. The standard InChI is InChI=1S/C13H16N8O/c14-10-9-12(20-13(15)18-10)19-11(17-9)7-1-2-21(4-7)5-8-3-16-6-22-8/h3,6-7H,1-2,4-5H2,(H5,14,15,17,18,19,20). The Bertz CT molecular complexity index is 796. The van der Waals surface area contributed by atoms with Gasteiger partial charge in [0.1, 0.15) is 17.1 Å². The molecule has 0 saturated carbocycles. The minimum Gasteiger partial charge on any atom is -0.447 e. The summed E-state index contributed by atoms with van der Waals surface area (Å²) in [6.07, 6.45) is 4.21. The molecule has 1 saturated heterocycles. The molecule has 1 unspecified atom stereocenters. The summed E-state index contributed by atoms with van der Waals surface area (Å²) in [4.78, 5) is 22.1. The van der Waals surface area contributed by atoms with Gasteiger partial charge in [-0.2, -0.15) is 9.97 Å². The van der Waals surface area contributed by atoms with Crippen LogP contribution in [-0.4, -0.2) is 42.9 Å². The van der Waals surface area contributed by atoms with Gasteiger partial charge < -0.3 is 20.9 Å². The van der Waals surface area contributed by atoms with Gasteiger partial charge in [-0.1, -0.05) is 0 Å². The molecule has 3 aromatic heterocycles. The lowest BCUT2D eigenvalue weighted by molar-refractivity contribution is 0.293. The third-order valence-corrected chi connectivity index (χ3v) is 3.94. The van der Waals surface area contributed by atoms with Crippen molar-refractivity contribution < 1.29 is 4.42 Å². The average Bonchev–Trinajstić information content (AvgIpc) is 3.18. The van der Waals surface area contributed by atoms with Crippen LogP contribution in [-0.2, 0) is 6.54 Å². The lowest BCUT2D eigenvalue weighted by atomic mass is 10.1. The smallest absolute Gasteiger partial charge is 0.224 e. The summed E-state index contributed by atoms with van der Waals surface area (Å²) in [5, 5.41) is 0. The Labute approximate surface area is 125 Å². The highest BCUT2D eigenvalue weighted by atomic mass is 16.3. The number of anilines is 2. The van der Waals surface area contributed by atoms with Crippen LogP contribution in [0.2, 0.25) is 0 Å². The number of aromatic nitrogens is 5. The molecule has 3 aromatic rings. The number of fused-ring (bicyclic) bond motifs is 1. The Morgan fingerprint density at radius 3 is 3.05 bits per heavy atom. The number of rotatable bonds is 3. The number of nitrogens with one attached hydrogen (secondary N) is 1. The molecular formula is C13H16N8O. The zero-order valence-corrected chi connectivity index (χ0v) is 11.9. The van der Waals surface area contributed by atoms with Gasteiger partial charge >= 0.3 is 0 Å². The lowest BCUT2D eigenvalue weighted by Gasteiger charge is -2.12. The first kappa shape index (κ1) is 13.0. The van der Waals surface area contributed by atoms with Gasteiger partial charge in [0.05, 0.1) is 12.7 Å². The number of H-pyrrole nitrogens is 1. The Hall–Kier alpha value is -2.68. The molecule has 5 N–H and O–H groups in total. The largest absolute Gasteiger partial charge is 0.447 e. The van der Waals surface area contributed by atoms with Gasteiger partial charge in [0.2, 0.25) is 5.95 Å². The van der Waals surface area contributed by atoms with Gasteiger partial charge in [-0.15, -0.1) is 0 Å². The predicted octanol–water partition coefficient (Wildman–Crippen LogP) is 0.495. The van der Waals surface area contributed by atoms with Crippen molar-refractivity contribution in [3.8, 4) is 0 Å². The van der Waals surface area contributed by atoms with Gasteiger partial charge in [0.25, 0.3) is 0 Å². The minimum absolute atomic E-state index is 0.140. The molecule has 0 bridgehead atoms. The van der Waals surface area contributed by atoms with E-state index in [4.69, 9.17) is 15.9 Å². The van der Waals surface area contributed by atoms with Crippen LogP contribution in [0.25, 0.3) is 11.2 Å². The predicted molar refractivity (Wildman–Crippen MR) is 79.6 cm³/mol. The number of likely N-dealkylation sites (tertiary alicyclic amines) is 1. The van der Waals surface area contributed by atoms with Crippen LogP contribution < -0.4 is 11.5 Å². The molecular weight excluding hydrogens is 284 g/mol. The molecule has 0 spiro atoms. The van der Waals surface area contributed by atoms with Crippen molar-refractivity contribution >= 4 is 22.9 Å². The lowest BCUT2D eigenvalue weighted by Crippen LogP contribution is -2.19. The fourth-order valence-corrected chi connectivity index (χ4v) is 2.89. The van der Waals surface area contributed by atoms with Gasteiger partial charge in [-0.25, -0.2) is 9.97 Å². The highest BCUT2D eigenvalue weighted by molar-refractivity contribution is 5.82. The summed E-state index contributed by atoms with van der Waals surface area (Å²) in [5.41, 5.74) is 12.6. The third-order valence-electron chi connectivity index (χ3n) is 3.94. The van der Waals surface area contributed by atoms with E-state index in [9.17, 15) is 0 Å². The highest BCUT2D eigenvalue weighted by Crippen LogP contribution is 2.28. The fourth-order valence-electron chi connectivity index (χ4n) is 2.89. The highest BCUT2D eigenvalue weighted by Gasteiger charge is 2.27. The zero-order chi connectivity index (χ0) is 15.1. The normalized spacial score (nSPS) is 19.2. The Morgan fingerprint density at radius 1 is 1.32 bits per heavy atom. The van der Waals surface area contributed by atoms with Crippen LogP contribution in [0.5, 0.6) is 0 Å². The summed E-state index contributed by atoms with van der Waals surface area (Å²) in [6, 6.07) is 0. The summed E-state index contributed by atoms with van der Waals surface area (Å²) >= 11 is 0. The molecule has 1 aliphatic rings. The molecule has 1 aliphatic heterocycles. The number of nitrogens with zero attached hydrogens (tertiary/aromatic N) is 5. The number of oxazole rings is 1. The van der Waals surface area contributed by atoms with E-state index in [0.29, 0.717) is 22.9 Å². The Balaban J connectivity index is 1.54. The monoisotopic (exact) mass is 300 g/mol. The van der Waals surface area contributed by atoms with E-state index in [1.165, 1.54) is 6.39 Å². The molecule has 0 amide bonds. The number of hydrogen-bond acceptors (Lipinski definition) is 8. The molecule has 4 heterocycles. The topological polar surface area (TPSA) is 136 Å². The van der Waals surface area contributed by atoms with Crippen molar-refractivity contribution in [2.75, 3.05) is 24.6 Å². The van der Waals surface area contributed by atoms with Crippen LogP contribution >= 0.6 is 0 Å². The summed E-state index contributed by atoms with van der Waals surface area (Å²) in [5.74, 6) is 2.52. The third kappa shape index (κ3) is 2.25. The van der Waals surface area contributed by atoms with Gasteiger partial charge in [-0.3, -0.25) is 4.90 Å². The van der Waals surface area contributed by atoms with E-state index in [1.807, 2.05) is 0 Å². The van der Waals surface area contributed by atoms with E-state index in [1.54, 1.807) is 6.20 Å². The second-order valence-electron chi connectivity index (χ2n) is 5.48. The van der Waals surface area contributed by atoms with Crippen molar-refractivity contribution in [3.63, 3.8) is 0 Å². The molecule has 4 rings (SSSR count). The molecule has 1 atom stereocenters. The van der Waals surface area contributed by atoms with Gasteiger partial charge in [-0.05, 0) is 13.0 Å². The molecule has 114 valence electrons. The first-order valence-electron chi connectivity index (χ1n) is 7.07. The van der Waals surface area contributed by atoms with Crippen molar-refractivity contribution in [2.24, 2.45) is 0 Å². The van der Waals surface area contributed by atoms with Crippen LogP contribution in [0.3, 0.4) is 0 Å². The second-order valence-corrected chi connectivity index (χ2v) is 5.48. The van der Waals surface area contributed by atoms with Crippen LogP contribution in [0, 0.1) is 0 Å². The van der Waals surface area contributed by atoms with Gasteiger partial charge in [0, 0.05) is 12.5 Å². The molecule has 0 radical (unpaired) electrons. The summed E-state index contributed by atoms with van der Waals surface area (Å²) < 4.78 is 5.29. The molecule has 1 fully saturated rings. The van der Waals surface area contributed by atoms with E-state index in [2.05, 4.69) is 29.8 Å². The average molecular weight is 300 g/mol. The van der Waals surface area contributed by atoms with E-state index < -0.39 is 0 Å². The number of aromatic amines is 1. The van der Waals surface area contributed by atoms with Crippen LogP contribution in [0.4, 0.5) is 11.8 Å². The van der Waals surface area contributed by atoms with E-state index >= 15 is 0 Å². The SMILES string of the molecule is Nc1nc(N)c2[nH]c(C3CCN(Cc4cnco4)C3)nc2n1. The maximum absolute atomic E-state index is 5.85.